The van der Waals surface area contributed by atoms with Crippen LogP contribution in [0.15, 0.2) is 41.3 Å². The third-order valence-electron chi connectivity index (χ3n) is 4.53. The van der Waals surface area contributed by atoms with E-state index in [-0.39, 0.29) is 24.3 Å². The maximum atomic E-state index is 12.5. The second-order valence-electron chi connectivity index (χ2n) is 6.58. The molecule has 0 bridgehead atoms. The highest BCUT2D eigenvalue weighted by Gasteiger charge is 2.26. The lowest BCUT2D eigenvalue weighted by Crippen LogP contribution is -2.45. The molecule has 1 aliphatic heterocycles. The van der Waals surface area contributed by atoms with Crippen LogP contribution in [0.4, 0.5) is 11.5 Å². The van der Waals surface area contributed by atoms with Gasteiger partial charge in [0.2, 0.25) is 11.8 Å². The molecule has 27 heavy (non-hydrogen) atoms. The summed E-state index contributed by atoms with van der Waals surface area (Å²) >= 11 is 3.43. The Kier molecular flexibility index (Phi) is 6.39. The first-order valence-corrected chi connectivity index (χ1v) is 9.67. The zero-order valence-electron chi connectivity index (χ0n) is 15.1. The molecule has 1 unspecified atom stereocenters. The maximum Gasteiger partial charge on any atom is 0.243 e. The summed E-state index contributed by atoms with van der Waals surface area (Å²) in [6.45, 7) is 3.34. The van der Waals surface area contributed by atoms with E-state index in [1.165, 1.54) is 0 Å². The van der Waals surface area contributed by atoms with E-state index < -0.39 is 0 Å². The highest BCUT2D eigenvalue weighted by Crippen LogP contribution is 2.21. The molecule has 1 atom stereocenters. The number of rotatable bonds is 5. The summed E-state index contributed by atoms with van der Waals surface area (Å²) in [6.07, 6.45) is 6.68. The zero-order chi connectivity index (χ0) is 19.2. The van der Waals surface area contributed by atoms with Crippen LogP contribution in [-0.4, -0.2) is 41.4 Å². The quantitative estimate of drug-likeness (QED) is 0.759. The summed E-state index contributed by atoms with van der Waals surface area (Å²) in [5, 5.41) is 5.55. The number of anilines is 2. The minimum atomic E-state index is -0.244. The van der Waals surface area contributed by atoms with Crippen LogP contribution in [0.1, 0.15) is 18.4 Å². The van der Waals surface area contributed by atoms with Crippen LogP contribution >= 0.6 is 15.9 Å². The summed E-state index contributed by atoms with van der Waals surface area (Å²) in [5.41, 5.74) is 1.74. The predicted molar refractivity (Wildman–Crippen MR) is 107 cm³/mol. The molecule has 0 radical (unpaired) electrons. The van der Waals surface area contributed by atoms with Crippen molar-refractivity contribution < 1.29 is 9.59 Å². The van der Waals surface area contributed by atoms with Gasteiger partial charge in [0.1, 0.15) is 5.82 Å². The Morgan fingerprint density at radius 2 is 2.19 bits per heavy atom. The third kappa shape index (κ3) is 5.26. The monoisotopic (exact) mass is 431 g/mol. The molecule has 2 aromatic rings. The van der Waals surface area contributed by atoms with Crippen molar-refractivity contribution in [2.24, 2.45) is 5.92 Å². The molecule has 2 amide bonds. The third-order valence-corrected chi connectivity index (χ3v) is 5.42. The summed E-state index contributed by atoms with van der Waals surface area (Å²) in [5.74, 6) is 0.263. The van der Waals surface area contributed by atoms with Gasteiger partial charge >= 0.3 is 0 Å². The fraction of sp³-hybridized carbons (Fsp3) is 0.368. The van der Waals surface area contributed by atoms with Gasteiger partial charge < -0.3 is 15.5 Å². The van der Waals surface area contributed by atoms with E-state index in [0.29, 0.717) is 12.2 Å². The highest BCUT2D eigenvalue weighted by molar-refractivity contribution is 9.10. The average molecular weight is 432 g/mol. The van der Waals surface area contributed by atoms with Gasteiger partial charge in [-0.05, 0) is 43.5 Å². The van der Waals surface area contributed by atoms with Crippen molar-refractivity contribution in [1.82, 2.24) is 15.3 Å². The molecule has 1 aliphatic rings. The van der Waals surface area contributed by atoms with Gasteiger partial charge in [-0.25, -0.2) is 4.98 Å². The van der Waals surface area contributed by atoms with Crippen LogP contribution in [0.2, 0.25) is 0 Å². The molecular weight excluding hydrogens is 410 g/mol. The standard InChI is InChI=1S/C19H22BrN5O2/c1-13-9-15(4-5-16(13)20)24-18(26)11-23-19(27)14-3-2-8-25(12-14)17-10-21-6-7-22-17/h4-7,9-10,14H,2-3,8,11-12H2,1H3,(H,23,27)(H,24,26). The molecule has 1 aromatic carbocycles. The smallest absolute Gasteiger partial charge is 0.243 e. The number of carbonyl (C=O) groups excluding carboxylic acids is 2. The Morgan fingerprint density at radius 1 is 1.33 bits per heavy atom. The first-order chi connectivity index (χ1) is 13.0. The summed E-state index contributed by atoms with van der Waals surface area (Å²) in [4.78, 5) is 35.0. The first-order valence-electron chi connectivity index (χ1n) is 8.87. The SMILES string of the molecule is Cc1cc(NC(=O)CNC(=O)C2CCCN(c3cnccn3)C2)ccc1Br. The Bertz CT molecular complexity index is 815. The lowest BCUT2D eigenvalue weighted by Gasteiger charge is -2.32. The number of carbonyl (C=O) groups is 2. The molecule has 2 heterocycles. The van der Waals surface area contributed by atoms with Crippen molar-refractivity contribution in [3.8, 4) is 0 Å². The van der Waals surface area contributed by atoms with Crippen molar-refractivity contribution in [3.05, 3.63) is 46.8 Å². The first kappa shape index (κ1) is 19.3. The number of aromatic nitrogens is 2. The van der Waals surface area contributed by atoms with Crippen molar-refractivity contribution in [3.63, 3.8) is 0 Å². The predicted octanol–water partition coefficient (Wildman–Crippen LogP) is 2.52. The van der Waals surface area contributed by atoms with Crippen LogP contribution in [0, 0.1) is 12.8 Å². The Hall–Kier alpha value is -2.48. The number of halogens is 1. The van der Waals surface area contributed by atoms with Gasteiger partial charge in [0, 0.05) is 35.6 Å². The van der Waals surface area contributed by atoms with Gasteiger partial charge in [-0.1, -0.05) is 15.9 Å². The molecular formula is C19H22BrN5O2. The van der Waals surface area contributed by atoms with Crippen molar-refractivity contribution in [1.29, 1.82) is 0 Å². The van der Waals surface area contributed by atoms with Crippen molar-refractivity contribution >= 4 is 39.2 Å². The van der Waals surface area contributed by atoms with Crippen molar-refractivity contribution in [2.45, 2.75) is 19.8 Å². The van der Waals surface area contributed by atoms with Crippen LogP contribution in [0.5, 0.6) is 0 Å². The summed E-state index contributed by atoms with van der Waals surface area (Å²) in [7, 11) is 0. The fourth-order valence-electron chi connectivity index (χ4n) is 3.09. The van der Waals surface area contributed by atoms with Gasteiger partial charge in [0.25, 0.3) is 0 Å². The molecule has 3 rings (SSSR count). The second-order valence-corrected chi connectivity index (χ2v) is 7.43. The molecule has 2 N–H and O–H groups in total. The fourth-order valence-corrected chi connectivity index (χ4v) is 3.34. The Morgan fingerprint density at radius 3 is 2.93 bits per heavy atom. The minimum absolute atomic E-state index is 0.0460. The molecule has 1 aromatic heterocycles. The topological polar surface area (TPSA) is 87.2 Å². The largest absolute Gasteiger partial charge is 0.355 e. The van der Waals surface area contributed by atoms with E-state index in [0.717, 1.165) is 35.2 Å². The van der Waals surface area contributed by atoms with Gasteiger partial charge in [-0.3, -0.25) is 14.6 Å². The van der Waals surface area contributed by atoms with Crippen LogP contribution in [0.25, 0.3) is 0 Å². The zero-order valence-corrected chi connectivity index (χ0v) is 16.7. The maximum absolute atomic E-state index is 12.5. The number of nitrogens with one attached hydrogen (secondary N) is 2. The highest BCUT2D eigenvalue weighted by atomic mass is 79.9. The van der Waals surface area contributed by atoms with E-state index in [1.54, 1.807) is 18.6 Å². The van der Waals surface area contributed by atoms with Gasteiger partial charge in [-0.15, -0.1) is 0 Å². The van der Waals surface area contributed by atoms with E-state index in [4.69, 9.17) is 0 Å². The number of aryl methyl sites for hydroxylation is 1. The molecule has 8 heteroatoms. The van der Waals surface area contributed by atoms with E-state index >= 15 is 0 Å². The average Bonchev–Trinajstić information content (AvgIpc) is 2.70. The number of hydrogen-bond acceptors (Lipinski definition) is 5. The normalized spacial score (nSPS) is 16.7. The minimum Gasteiger partial charge on any atom is -0.355 e. The molecule has 1 fully saturated rings. The van der Waals surface area contributed by atoms with Crippen LogP contribution < -0.4 is 15.5 Å². The van der Waals surface area contributed by atoms with Crippen LogP contribution in [-0.2, 0) is 9.59 Å². The second kappa shape index (κ2) is 8.94. The number of piperidine rings is 1. The lowest BCUT2D eigenvalue weighted by molar-refractivity contribution is -0.127. The number of nitrogens with zero attached hydrogens (tertiary/aromatic N) is 3. The van der Waals surface area contributed by atoms with Crippen LogP contribution in [0.3, 0.4) is 0 Å². The molecule has 1 saturated heterocycles. The molecule has 0 aliphatic carbocycles. The molecule has 0 spiro atoms. The Labute approximate surface area is 166 Å². The molecule has 0 saturated carbocycles. The number of amides is 2. The number of benzene rings is 1. The summed E-state index contributed by atoms with van der Waals surface area (Å²) in [6, 6.07) is 5.58. The molecule has 7 nitrogen and oxygen atoms in total. The van der Waals surface area contributed by atoms with E-state index in [2.05, 4.69) is 41.4 Å². The van der Waals surface area contributed by atoms with Gasteiger partial charge in [-0.2, -0.15) is 0 Å². The number of hydrogen-bond donors (Lipinski definition) is 2. The lowest BCUT2D eigenvalue weighted by atomic mass is 9.97. The van der Waals surface area contributed by atoms with Gasteiger partial charge in [0.15, 0.2) is 0 Å². The van der Waals surface area contributed by atoms with Gasteiger partial charge in [0.05, 0.1) is 18.7 Å². The van der Waals surface area contributed by atoms with E-state index in [9.17, 15) is 9.59 Å². The Balaban J connectivity index is 1.49. The van der Waals surface area contributed by atoms with Crippen molar-refractivity contribution in [2.75, 3.05) is 29.9 Å². The molecule has 142 valence electrons. The summed E-state index contributed by atoms with van der Waals surface area (Å²) < 4.78 is 0.985. The van der Waals surface area contributed by atoms with E-state index in [1.807, 2.05) is 25.1 Å².